The minimum Gasteiger partial charge on any atom is -0.298 e. The van der Waals surface area contributed by atoms with Crippen molar-refractivity contribution in [2.45, 2.75) is 624 Å². The number of nitrogens with zero attached hydrogens (tertiary/aromatic N) is 1. The van der Waals surface area contributed by atoms with Gasteiger partial charge in [0, 0.05) is 18.5 Å². The van der Waals surface area contributed by atoms with Crippen molar-refractivity contribution in [1.29, 1.82) is 0 Å². The Balaban J connectivity index is 1.10. The average molecular weight is 1600 g/mol. The highest BCUT2D eigenvalue weighted by molar-refractivity contribution is 5.85. The summed E-state index contributed by atoms with van der Waals surface area (Å²) in [5.41, 5.74) is 1.49. The van der Waals surface area contributed by atoms with Crippen LogP contribution in [0.1, 0.15) is 623 Å². The largest absolute Gasteiger partial charge is 0.298 e. The van der Waals surface area contributed by atoms with Crippen LogP contribution < -0.4 is 0 Å². The topological polar surface area (TPSA) is 3.24 Å². The molecule has 0 aliphatic carbocycles. The maximum absolute atomic E-state index is 3.54. The number of benzene rings is 2. The van der Waals surface area contributed by atoms with Crippen LogP contribution in [0.2, 0.25) is 0 Å². The lowest BCUT2D eigenvalue weighted by Crippen LogP contribution is -2.17. The lowest BCUT2D eigenvalue weighted by Gasteiger charge is -2.17. The molecule has 0 fully saturated rings. The monoisotopic (exact) mass is 1590 g/mol. The second-order valence-corrected chi connectivity index (χ2v) is 39.3. The van der Waals surface area contributed by atoms with Crippen molar-refractivity contribution in [2.75, 3.05) is 13.6 Å². The molecule has 1 nitrogen and oxygen atoms in total. The van der Waals surface area contributed by atoms with Crippen LogP contribution in [-0.4, -0.2) is 18.5 Å². The van der Waals surface area contributed by atoms with E-state index in [1.165, 1.54) is 613 Å². The van der Waals surface area contributed by atoms with E-state index in [4.69, 9.17) is 0 Å². The van der Waals surface area contributed by atoms with Gasteiger partial charge in [-0.3, -0.25) is 4.90 Å². The van der Waals surface area contributed by atoms with Crippen LogP contribution in [-0.2, 0) is 6.54 Å². The van der Waals surface area contributed by atoms with Gasteiger partial charge in [0.1, 0.15) is 0 Å². The average Bonchev–Trinajstić information content (AvgIpc) is 0.829. The minimum atomic E-state index is 0.0975. The third kappa shape index (κ3) is 84.0. The Bertz CT molecular complexity index is 2230. The van der Waals surface area contributed by atoms with E-state index in [1.807, 2.05) is 0 Å². The molecule has 1 heteroatoms. The summed E-state index contributed by atoms with van der Waals surface area (Å²) in [6, 6.07) is 15.3. The van der Waals surface area contributed by atoms with E-state index in [9.17, 15) is 0 Å². The first kappa shape index (κ1) is 109. The quantitative estimate of drug-likeness (QED) is 0.0471. The van der Waals surface area contributed by atoms with Crippen molar-refractivity contribution in [2.24, 2.45) is 5.41 Å². The predicted molar refractivity (Wildman–Crippen MR) is 526 cm³/mol. The van der Waals surface area contributed by atoms with Crippen molar-refractivity contribution in [3.63, 3.8) is 0 Å². The maximum Gasteiger partial charge on any atom is 0.0262 e. The Morgan fingerprint density at radius 1 is 0.235 bits per heavy atom. The molecule has 0 aliphatic heterocycles. The summed E-state index contributed by atoms with van der Waals surface area (Å²) in [5.74, 6) is 6.90. The molecule has 0 atom stereocenters. The van der Waals surface area contributed by atoms with E-state index < -0.39 is 0 Å². The molecule has 0 unspecified atom stereocenters. The first-order valence-electron chi connectivity index (χ1n) is 54.3. The fraction of sp³-hybridized carbons (Fsp3) is 0.877. The van der Waals surface area contributed by atoms with E-state index in [0.29, 0.717) is 0 Å². The van der Waals surface area contributed by atoms with Gasteiger partial charge in [-0.2, -0.15) is 0 Å². The highest BCUT2D eigenvalue weighted by Crippen LogP contribution is 2.27. The molecule has 0 saturated heterocycles. The maximum atomic E-state index is 3.54. The number of unbranched alkanes of at least 4 members (excludes halogenated alkanes) is 91. The molecular weight excluding hydrogens is 1380 g/mol. The van der Waals surface area contributed by atoms with Crippen molar-refractivity contribution in [3.8, 4) is 11.8 Å². The third-order valence-corrected chi connectivity index (χ3v) is 27.0. The minimum absolute atomic E-state index is 0.0975. The van der Waals surface area contributed by atoms with Crippen LogP contribution in [0.3, 0.4) is 0 Å². The van der Waals surface area contributed by atoms with Crippen LogP contribution in [0.5, 0.6) is 0 Å². The number of allylic oxidation sites excluding steroid dienone is 1. The molecule has 672 valence electrons. The van der Waals surface area contributed by atoms with Crippen LogP contribution in [0.4, 0.5) is 0 Å². The van der Waals surface area contributed by atoms with E-state index in [-0.39, 0.29) is 5.41 Å². The van der Waals surface area contributed by atoms with E-state index in [0.717, 1.165) is 13.1 Å². The Hall–Kier alpha value is -2.04. The Labute approximate surface area is 726 Å². The normalized spacial score (nSPS) is 12.0. The molecule has 0 radical (unpaired) electrons. The van der Waals surface area contributed by atoms with E-state index >= 15 is 0 Å². The smallest absolute Gasteiger partial charge is 0.0262 e. The first-order valence-corrected chi connectivity index (χ1v) is 54.3. The summed E-state index contributed by atoms with van der Waals surface area (Å²) in [6.07, 6.45) is 142. The van der Waals surface area contributed by atoms with Crippen molar-refractivity contribution in [1.82, 2.24) is 4.90 Å². The molecule has 0 bridgehead atoms. The molecule has 2 rings (SSSR count). The number of likely N-dealkylation sites (N-methyl/N-ethyl adjacent to an activating group) is 1. The van der Waals surface area contributed by atoms with E-state index in [1.54, 1.807) is 0 Å². The molecule has 2 aromatic rings. The Morgan fingerprint density at radius 2 is 0.417 bits per heavy atom. The van der Waals surface area contributed by atoms with Gasteiger partial charge in [0.25, 0.3) is 0 Å². The fourth-order valence-corrected chi connectivity index (χ4v) is 18.9. The zero-order chi connectivity index (χ0) is 81.8. The zero-order valence-corrected chi connectivity index (χ0v) is 79.8. The zero-order valence-electron chi connectivity index (χ0n) is 79.8. The lowest BCUT2D eigenvalue weighted by molar-refractivity contribution is 0.365. The Kier molecular flexibility index (Phi) is 87.9. The molecule has 0 amide bonds. The van der Waals surface area contributed by atoms with E-state index in [2.05, 4.69) is 99.2 Å². The van der Waals surface area contributed by atoms with Crippen LogP contribution in [0.25, 0.3) is 10.8 Å². The van der Waals surface area contributed by atoms with Crippen LogP contribution in [0.15, 0.2) is 54.6 Å². The summed E-state index contributed by atoms with van der Waals surface area (Å²) >= 11 is 0. The third-order valence-electron chi connectivity index (χ3n) is 27.0. The Morgan fingerprint density at radius 3 is 0.626 bits per heavy atom. The molecular formula is C114H211N. The highest BCUT2D eigenvalue weighted by Gasteiger charge is 2.14. The van der Waals surface area contributed by atoms with Gasteiger partial charge in [-0.05, 0) is 49.7 Å². The van der Waals surface area contributed by atoms with Crippen LogP contribution >= 0.6 is 0 Å². The standard InChI is InChI=1S/C114H211N/c1-5-6-7-8-9-10-11-12-13-14-15-16-17-18-19-20-21-22-23-24-25-26-27-28-29-30-31-32-33-34-35-36-37-38-39-40-41-42-43-44-45-46-47-48-49-50-51-52-53-54-55-56-57-58-59-60-61-62-63-64-65-66-67-68-69-70-71-72-73-74-75-76-77-78-79-80-81-82-83-84-85-86-87-88-89-90-91-92-93-94-95-99-107-114(2,3)108-100-96-101-109-115(4)110-112-105-102-104-111-103-97-98-106-113(111)112/h96-98,101-106H,5-95,99,107,109-110H2,1-4H3. The van der Waals surface area contributed by atoms with Crippen molar-refractivity contribution in [3.05, 3.63) is 60.2 Å². The van der Waals surface area contributed by atoms with Gasteiger partial charge in [-0.1, -0.05) is 658 Å². The summed E-state index contributed by atoms with van der Waals surface area (Å²) in [7, 11) is 2.20. The number of hydrogen-bond donors (Lipinski definition) is 0. The van der Waals surface area contributed by atoms with Gasteiger partial charge in [-0.25, -0.2) is 0 Å². The molecule has 0 aromatic heterocycles. The van der Waals surface area contributed by atoms with Gasteiger partial charge < -0.3 is 0 Å². The molecule has 115 heavy (non-hydrogen) atoms. The predicted octanol–water partition coefficient (Wildman–Crippen LogP) is 41.2. The van der Waals surface area contributed by atoms with Crippen molar-refractivity contribution >= 4 is 10.8 Å². The first-order chi connectivity index (χ1) is 57.0. The summed E-state index contributed by atoms with van der Waals surface area (Å²) < 4.78 is 0. The second kappa shape index (κ2) is 92.7. The van der Waals surface area contributed by atoms with Gasteiger partial charge >= 0.3 is 0 Å². The number of rotatable bonds is 97. The molecule has 0 N–H and O–H groups in total. The molecule has 0 heterocycles. The fourth-order valence-electron chi connectivity index (χ4n) is 18.9. The molecule has 0 spiro atoms. The van der Waals surface area contributed by atoms with Crippen molar-refractivity contribution < 1.29 is 0 Å². The van der Waals surface area contributed by atoms with Gasteiger partial charge in [0.05, 0.1) is 0 Å². The number of fused-ring (bicyclic) bond motifs is 1. The summed E-state index contributed by atoms with van der Waals surface area (Å²) in [5, 5.41) is 2.68. The summed E-state index contributed by atoms with van der Waals surface area (Å²) in [4.78, 5) is 2.36. The second-order valence-electron chi connectivity index (χ2n) is 39.3. The molecule has 2 aromatic carbocycles. The molecule has 0 saturated carbocycles. The van der Waals surface area contributed by atoms with Crippen LogP contribution in [0, 0.1) is 17.3 Å². The SMILES string of the molecule is CCCCCCCCCCCCCCCCCCCCCCCCCCCCCCCCCCCCCCCCCCCCCCCCCCCCCCCCCCCCCCCCCCCCCCCCCCCCCCCCCCCCCCCCCCCCCCC(C)(C)C#CC=CCN(C)Cc1cccc2ccccc12. The van der Waals surface area contributed by atoms with Gasteiger partial charge in [-0.15, -0.1) is 0 Å². The van der Waals surface area contributed by atoms with Gasteiger partial charge in [0.15, 0.2) is 0 Å². The summed E-state index contributed by atoms with van der Waals surface area (Å²) in [6.45, 7) is 8.82. The van der Waals surface area contributed by atoms with Gasteiger partial charge in [0.2, 0.25) is 0 Å². The lowest BCUT2D eigenvalue weighted by atomic mass is 9.87. The molecule has 0 aliphatic rings. The number of hydrogen-bond acceptors (Lipinski definition) is 1. The highest BCUT2D eigenvalue weighted by atomic mass is 15.1.